The summed E-state index contributed by atoms with van der Waals surface area (Å²) in [5.74, 6) is 1.01. The van der Waals surface area contributed by atoms with Crippen LogP contribution in [0, 0.1) is 6.92 Å². The molecular formula is C33H38KN6O5. The third kappa shape index (κ3) is 7.32. The molecule has 5 aromatic rings. The number of H-pyrrole nitrogens is 1. The molecule has 1 fully saturated rings. The van der Waals surface area contributed by atoms with Crippen molar-refractivity contribution in [3.8, 4) is 22.5 Å². The molecule has 0 bridgehead atoms. The van der Waals surface area contributed by atoms with Crippen LogP contribution in [-0.2, 0) is 17.6 Å². The largest absolute Gasteiger partial charge is 0.439 e. The molecule has 12 heteroatoms. The molecule has 0 spiro atoms. The van der Waals surface area contributed by atoms with Gasteiger partial charge in [-0.1, -0.05) is 67.0 Å². The number of ether oxygens (including phenoxy) is 1. The Hall–Kier alpha value is -2.71. The second-order valence-electron chi connectivity index (χ2n) is 11.7. The zero-order valence-corrected chi connectivity index (χ0v) is 29.4. The van der Waals surface area contributed by atoms with Crippen LogP contribution in [0.15, 0.2) is 62.6 Å². The van der Waals surface area contributed by atoms with Crippen molar-refractivity contribution in [3.05, 3.63) is 92.1 Å². The van der Waals surface area contributed by atoms with Gasteiger partial charge >= 0.3 is 5.76 Å². The van der Waals surface area contributed by atoms with Gasteiger partial charge in [-0.15, -0.1) is 0 Å². The van der Waals surface area contributed by atoms with E-state index in [-0.39, 0.29) is 69.1 Å². The first-order valence-corrected chi connectivity index (χ1v) is 15.4. The molecule has 3 aromatic heterocycles. The summed E-state index contributed by atoms with van der Waals surface area (Å²) in [6.07, 6.45) is 4.87. The molecular weight excluding hydrogens is 599 g/mol. The van der Waals surface area contributed by atoms with Crippen LogP contribution >= 0.6 is 0 Å². The minimum Gasteiger partial charge on any atom is -0.391 e. The third-order valence-electron chi connectivity index (χ3n) is 8.33. The maximum atomic E-state index is 14.4. The van der Waals surface area contributed by atoms with E-state index in [1.165, 1.54) is 0 Å². The Kier molecular flexibility index (Phi) is 11.1. The molecule has 2 N–H and O–H groups in total. The number of benzene rings is 2. The van der Waals surface area contributed by atoms with Crippen LogP contribution in [0.5, 0.6) is 0 Å². The van der Waals surface area contributed by atoms with Gasteiger partial charge in [-0.2, -0.15) is 10.1 Å². The maximum Gasteiger partial charge on any atom is 0.439 e. The Morgan fingerprint density at radius 3 is 2.42 bits per heavy atom. The zero-order chi connectivity index (χ0) is 30.8. The van der Waals surface area contributed by atoms with Gasteiger partial charge in [-0.25, -0.2) is 9.31 Å². The summed E-state index contributed by atoms with van der Waals surface area (Å²) >= 11 is 0. The second-order valence-corrected chi connectivity index (χ2v) is 11.7. The van der Waals surface area contributed by atoms with Gasteiger partial charge in [-0.3, -0.25) is 18.9 Å². The molecule has 45 heavy (non-hydrogen) atoms. The van der Waals surface area contributed by atoms with E-state index < -0.39 is 11.9 Å². The van der Waals surface area contributed by atoms with E-state index in [1.807, 2.05) is 64.5 Å². The minimum absolute atomic E-state index is 0. The molecule has 1 radical (unpaired) electrons. The number of nitrogens with one attached hydrogen (secondary N) is 1. The first-order valence-electron chi connectivity index (χ1n) is 15.4. The number of aliphatic hydroxyl groups is 1. The number of rotatable bonds is 10. The quantitative estimate of drug-likeness (QED) is 0.217. The predicted molar refractivity (Wildman–Crippen MR) is 171 cm³/mol. The molecule has 1 saturated carbocycles. The van der Waals surface area contributed by atoms with Gasteiger partial charge in [0.15, 0.2) is 5.82 Å². The number of aromatic amines is 1. The van der Waals surface area contributed by atoms with Crippen LogP contribution in [0.3, 0.4) is 0 Å². The molecule has 231 valence electrons. The molecule has 3 heterocycles. The van der Waals surface area contributed by atoms with Crippen LogP contribution in [-0.4, -0.2) is 105 Å². The van der Waals surface area contributed by atoms with Gasteiger partial charge < -0.3 is 9.84 Å². The number of aryl methyl sites for hydroxylation is 2. The number of fused-ring (bicyclic) bond motifs is 1. The van der Waals surface area contributed by atoms with Crippen LogP contribution in [0.1, 0.15) is 74.6 Å². The Morgan fingerprint density at radius 1 is 1.07 bits per heavy atom. The normalized spacial score (nSPS) is 17.3. The molecule has 6 rings (SSSR count). The Morgan fingerprint density at radius 2 is 1.78 bits per heavy atom. The summed E-state index contributed by atoms with van der Waals surface area (Å²) in [7, 11) is 0. The van der Waals surface area contributed by atoms with Crippen molar-refractivity contribution in [1.82, 2.24) is 29.3 Å². The van der Waals surface area contributed by atoms with Crippen molar-refractivity contribution in [3.63, 3.8) is 0 Å². The predicted octanol–water partition coefficient (Wildman–Crippen LogP) is 4.25. The molecule has 0 saturated heterocycles. The standard InChI is InChI=1S/C33H38N6O5.K/c1-4-7-29-28(18-22-10-12-23(13-11-22)26-8-5-6-9-27(26)30-35-33(42)44-37-30)31(41)38(32-34-21(3)36-39(29)32)24-14-16-25(17-15-24)43-19-20(2)40;/h5-6,8-13,20,24-25,40H,4,7,14-19H2,1-3H3,(H,35,37,42);. The van der Waals surface area contributed by atoms with Crippen molar-refractivity contribution in [2.75, 3.05) is 6.61 Å². The zero-order valence-electron chi connectivity index (χ0n) is 26.3. The number of hydrogen-bond donors (Lipinski definition) is 2. The molecule has 1 atom stereocenters. The molecule has 11 nitrogen and oxygen atoms in total. The van der Waals surface area contributed by atoms with Gasteiger partial charge in [0.05, 0.1) is 24.5 Å². The van der Waals surface area contributed by atoms with Crippen molar-refractivity contribution in [2.24, 2.45) is 0 Å². The second kappa shape index (κ2) is 14.8. The molecule has 1 aliphatic carbocycles. The number of hydrogen-bond acceptors (Lipinski definition) is 8. The summed E-state index contributed by atoms with van der Waals surface area (Å²) < 4.78 is 14.4. The van der Waals surface area contributed by atoms with E-state index >= 15 is 0 Å². The average Bonchev–Trinajstić information content (AvgIpc) is 3.63. The summed E-state index contributed by atoms with van der Waals surface area (Å²) in [4.78, 5) is 33.3. The summed E-state index contributed by atoms with van der Waals surface area (Å²) in [6.45, 7) is 6.02. The monoisotopic (exact) mass is 637 g/mol. The van der Waals surface area contributed by atoms with E-state index in [0.717, 1.165) is 65.6 Å². The Labute approximate surface area is 303 Å². The van der Waals surface area contributed by atoms with Crippen molar-refractivity contribution in [1.29, 1.82) is 0 Å². The summed E-state index contributed by atoms with van der Waals surface area (Å²) in [5.41, 5.74) is 5.27. The van der Waals surface area contributed by atoms with Crippen molar-refractivity contribution < 1.29 is 14.4 Å². The number of aromatic nitrogens is 6. The minimum atomic E-state index is -0.601. The van der Waals surface area contributed by atoms with Crippen LogP contribution < -0.4 is 11.3 Å². The van der Waals surface area contributed by atoms with Crippen molar-refractivity contribution in [2.45, 2.75) is 84.0 Å². The van der Waals surface area contributed by atoms with Gasteiger partial charge in [0.1, 0.15) is 5.82 Å². The fraction of sp³-hybridized carbons (Fsp3) is 0.424. The molecule has 1 aliphatic rings. The third-order valence-corrected chi connectivity index (χ3v) is 8.33. The van der Waals surface area contributed by atoms with Gasteiger partial charge in [-0.05, 0) is 62.6 Å². The Balaban J connectivity index is 0.00000400. The maximum absolute atomic E-state index is 14.4. The smallest absolute Gasteiger partial charge is 0.391 e. The van der Waals surface area contributed by atoms with Crippen molar-refractivity contribution >= 4 is 57.2 Å². The molecule has 0 amide bonds. The first kappa shape index (κ1) is 33.6. The SMILES string of the molecule is CCCc1c(Cc2ccc(-c3ccccc3-c3noc(=O)[nH]3)cc2)c(=O)n(C2CCC(OCC(C)O)CC2)c2nc(C)nn12.[K]. The van der Waals surface area contributed by atoms with Gasteiger partial charge in [0.25, 0.3) is 5.56 Å². The molecule has 0 aliphatic heterocycles. The van der Waals surface area contributed by atoms with Crippen LogP contribution in [0.4, 0.5) is 0 Å². The van der Waals surface area contributed by atoms with E-state index in [4.69, 9.17) is 19.3 Å². The van der Waals surface area contributed by atoms with E-state index in [9.17, 15) is 14.7 Å². The Bertz CT molecular complexity index is 1870. The summed E-state index contributed by atoms with van der Waals surface area (Å²) in [5, 5.41) is 18.2. The fourth-order valence-corrected chi connectivity index (χ4v) is 6.27. The van der Waals surface area contributed by atoms with E-state index in [2.05, 4.69) is 17.1 Å². The fourth-order valence-electron chi connectivity index (χ4n) is 6.27. The van der Waals surface area contributed by atoms with Crippen LogP contribution in [0.25, 0.3) is 28.3 Å². The molecule has 2 aromatic carbocycles. The topological polar surface area (TPSA) is 141 Å². The van der Waals surface area contributed by atoms with Gasteiger partial charge in [0.2, 0.25) is 5.78 Å². The average molecular weight is 638 g/mol. The molecule has 1 unspecified atom stereocenters. The van der Waals surface area contributed by atoms with E-state index in [1.54, 1.807) is 6.92 Å². The number of nitrogens with zero attached hydrogens (tertiary/aromatic N) is 5. The van der Waals surface area contributed by atoms with Gasteiger partial charge in [0, 0.05) is 75.0 Å². The first-order chi connectivity index (χ1) is 21.3. The number of aliphatic hydroxyl groups excluding tert-OH is 1. The van der Waals surface area contributed by atoms with E-state index in [0.29, 0.717) is 36.9 Å². The van der Waals surface area contributed by atoms with Crippen LogP contribution in [0.2, 0.25) is 0 Å². The summed E-state index contributed by atoms with van der Waals surface area (Å²) in [6, 6.07) is 15.8.